The van der Waals surface area contributed by atoms with Gasteiger partial charge in [0.1, 0.15) is 5.82 Å². The normalized spacial score (nSPS) is 18.8. The molecule has 0 aliphatic carbocycles. The van der Waals surface area contributed by atoms with Crippen molar-refractivity contribution in [2.24, 2.45) is 0 Å². The number of nitrogens with zero attached hydrogens (tertiary/aromatic N) is 1. The summed E-state index contributed by atoms with van der Waals surface area (Å²) in [6.07, 6.45) is 0.744. The number of benzene rings is 3. The van der Waals surface area contributed by atoms with E-state index in [-0.39, 0.29) is 35.6 Å². The second-order valence-corrected chi connectivity index (χ2v) is 10.3. The van der Waals surface area contributed by atoms with Crippen molar-refractivity contribution >= 4 is 21.8 Å². The van der Waals surface area contributed by atoms with Crippen molar-refractivity contribution in [1.82, 2.24) is 9.62 Å². The first kappa shape index (κ1) is 21.5. The lowest BCUT2D eigenvalue weighted by Crippen LogP contribution is -2.39. The number of carbonyl (C=O) groups is 2. The molecule has 0 bridgehead atoms. The van der Waals surface area contributed by atoms with Crippen LogP contribution in [-0.4, -0.2) is 24.5 Å². The Bertz CT molecular complexity index is 1350. The average molecular weight is 465 g/mol. The number of piperidine rings is 1. The summed E-state index contributed by atoms with van der Waals surface area (Å²) in [5.74, 6) is -1.31. The highest BCUT2D eigenvalue weighted by molar-refractivity contribution is 7.89. The number of imide groups is 1. The van der Waals surface area contributed by atoms with Gasteiger partial charge in [-0.1, -0.05) is 42.5 Å². The van der Waals surface area contributed by atoms with Crippen molar-refractivity contribution in [2.45, 2.75) is 36.7 Å². The van der Waals surface area contributed by atoms with Crippen molar-refractivity contribution in [3.05, 3.63) is 89.2 Å². The minimum absolute atomic E-state index is 0.187. The summed E-state index contributed by atoms with van der Waals surface area (Å²) < 4.78 is 41.1. The summed E-state index contributed by atoms with van der Waals surface area (Å²) in [5.41, 5.74) is 4.16. The number of halogens is 1. The van der Waals surface area contributed by atoms with Gasteiger partial charge in [-0.3, -0.25) is 14.9 Å². The molecule has 1 N–H and O–H groups in total. The van der Waals surface area contributed by atoms with Gasteiger partial charge in [-0.15, -0.1) is 0 Å². The molecule has 2 aliphatic rings. The van der Waals surface area contributed by atoms with Gasteiger partial charge in [-0.25, -0.2) is 12.8 Å². The molecule has 168 valence electrons. The Balaban J connectivity index is 1.35. The van der Waals surface area contributed by atoms with Crippen LogP contribution < -0.4 is 5.32 Å². The number of carbonyl (C=O) groups excluding carboxylic acids is 2. The molecule has 0 radical (unpaired) electrons. The zero-order chi connectivity index (χ0) is 23.2. The minimum atomic E-state index is -3.72. The number of rotatable bonds is 4. The number of amides is 2. The number of fused-ring (bicyclic) bond motifs is 1. The van der Waals surface area contributed by atoms with E-state index in [0.29, 0.717) is 12.8 Å². The maximum atomic E-state index is 13.2. The number of nitrogens with one attached hydrogen (secondary N) is 1. The summed E-state index contributed by atoms with van der Waals surface area (Å²) in [6, 6.07) is 18.2. The lowest BCUT2D eigenvalue weighted by molar-refractivity contribution is -0.134. The molecule has 2 amide bonds. The Hall–Kier alpha value is -3.36. The van der Waals surface area contributed by atoms with E-state index in [2.05, 4.69) is 5.32 Å². The second kappa shape index (κ2) is 8.20. The second-order valence-electron chi connectivity index (χ2n) is 8.34. The molecule has 1 saturated heterocycles. The van der Waals surface area contributed by atoms with Gasteiger partial charge in [-0.05, 0) is 58.5 Å². The van der Waals surface area contributed by atoms with Crippen LogP contribution in [0.25, 0.3) is 11.1 Å². The topological polar surface area (TPSA) is 83.6 Å². The van der Waals surface area contributed by atoms with Gasteiger partial charge in [0.25, 0.3) is 0 Å². The number of hydrogen-bond donors (Lipinski definition) is 1. The summed E-state index contributed by atoms with van der Waals surface area (Å²) >= 11 is 0. The predicted molar refractivity (Wildman–Crippen MR) is 120 cm³/mol. The Morgan fingerprint density at radius 3 is 2.15 bits per heavy atom. The largest absolute Gasteiger partial charge is 0.296 e. The third kappa shape index (κ3) is 4.07. The van der Waals surface area contributed by atoms with Crippen LogP contribution in [0, 0.1) is 5.82 Å². The van der Waals surface area contributed by atoms with Crippen LogP contribution in [0.4, 0.5) is 4.39 Å². The Kier molecular flexibility index (Phi) is 5.34. The third-order valence-electron chi connectivity index (χ3n) is 6.23. The molecule has 2 aliphatic heterocycles. The monoisotopic (exact) mass is 464 g/mol. The zero-order valence-electron chi connectivity index (χ0n) is 17.6. The maximum absolute atomic E-state index is 13.2. The van der Waals surface area contributed by atoms with E-state index in [4.69, 9.17) is 0 Å². The highest BCUT2D eigenvalue weighted by Gasteiger charge is 2.33. The molecule has 0 spiro atoms. The molecule has 3 aromatic rings. The maximum Gasteiger partial charge on any atom is 0.243 e. The molecule has 3 aromatic carbocycles. The van der Waals surface area contributed by atoms with Gasteiger partial charge < -0.3 is 0 Å². The van der Waals surface area contributed by atoms with Crippen LogP contribution in [-0.2, 0) is 32.7 Å². The molecular weight excluding hydrogens is 443 g/mol. The fourth-order valence-corrected chi connectivity index (χ4v) is 5.79. The molecular formula is C25H21FN2O4S. The van der Waals surface area contributed by atoms with Crippen LogP contribution in [0.3, 0.4) is 0 Å². The highest BCUT2D eigenvalue weighted by atomic mass is 32.2. The van der Waals surface area contributed by atoms with Crippen LogP contribution in [0.2, 0.25) is 0 Å². The highest BCUT2D eigenvalue weighted by Crippen LogP contribution is 2.33. The first-order valence-electron chi connectivity index (χ1n) is 10.6. The lowest BCUT2D eigenvalue weighted by Gasteiger charge is -2.21. The van der Waals surface area contributed by atoms with E-state index in [1.165, 1.54) is 16.4 Å². The van der Waals surface area contributed by atoms with Gasteiger partial charge in [0.05, 0.1) is 10.8 Å². The van der Waals surface area contributed by atoms with E-state index < -0.39 is 15.9 Å². The van der Waals surface area contributed by atoms with Crippen molar-refractivity contribution in [1.29, 1.82) is 0 Å². The van der Waals surface area contributed by atoms with E-state index in [1.807, 2.05) is 18.2 Å². The fraction of sp³-hybridized carbons (Fsp3) is 0.200. The third-order valence-corrected chi connectivity index (χ3v) is 8.04. The predicted octanol–water partition coefficient (Wildman–Crippen LogP) is 3.72. The summed E-state index contributed by atoms with van der Waals surface area (Å²) in [5, 5.41) is 2.37. The smallest absolute Gasteiger partial charge is 0.243 e. The standard InChI is InChI=1S/C25H21FN2O4S/c26-21-7-3-16(4-8-21)17-5-9-22(10-6-17)33(31,32)28-14-19-2-1-18(13-20(19)15-28)23-11-12-24(29)27-25(23)30/h1-10,13,23H,11-12,14-15H2,(H,27,29,30). The van der Waals surface area contributed by atoms with Crippen molar-refractivity contribution in [3.8, 4) is 11.1 Å². The van der Waals surface area contributed by atoms with Crippen LogP contribution in [0.5, 0.6) is 0 Å². The quantitative estimate of drug-likeness (QED) is 0.597. The van der Waals surface area contributed by atoms with Gasteiger partial charge in [0.15, 0.2) is 0 Å². The average Bonchev–Trinajstić information content (AvgIpc) is 3.24. The van der Waals surface area contributed by atoms with Crippen molar-refractivity contribution < 1.29 is 22.4 Å². The molecule has 6 nitrogen and oxygen atoms in total. The summed E-state index contributed by atoms with van der Waals surface area (Å²) in [4.78, 5) is 23.8. The lowest BCUT2D eigenvalue weighted by atomic mass is 9.89. The van der Waals surface area contributed by atoms with Gasteiger partial charge in [-0.2, -0.15) is 4.31 Å². The number of hydrogen-bond acceptors (Lipinski definition) is 4. The first-order chi connectivity index (χ1) is 15.8. The first-order valence-corrected chi connectivity index (χ1v) is 12.1. The molecule has 33 heavy (non-hydrogen) atoms. The van der Waals surface area contributed by atoms with Gasteiger partial charge in [0.2, 0.25) is 21.8 Å². The van der Waals surface area contributed by atoms with E-state index in [1.54, 1.807) is 36.4 Å². The Morgan fingerprint density at radius 1 is 0.848 bits per heavy atom. The van der Waals surface area contributed by atoms with Gasteiger partial charge in [0, 0.05) is 19.5 Å². The van der Waals surface area contributed by atoms with E-state index in [9.17, 15) is 22.4 Å². The Morgan fingerprint density at radius 2 is 1.48 bits per heavy atom. The Labute approximate surface area is 191 Å². The molecule has 1 fully saturated rings. The fourth-order valence-electron chi connectivity index (χ4n) is 4.39. The molecule has 5 rings (SSSR count). The molecule has 0 aromatic heterocycles. The minimum Gasteiger partial charge on any atom is -0.296 e. The van der Waals surface area contributed by atoms with Crippen LogP contribution in [0.15, 0.2) is 71.6 Å². The molecule has 0 saturated carbocycles. The molecule has 2 heterocycles. The van der Waals surface area contributed by atoms with Crippen LogP contribution in [0.1, 0.15) is 35.4 Å². The van der Waals surface area contributed by atoms with Gasteiger partial charge >= 0.3 is 0 Å². The number of sulfonamides is 1. The van der Waals surface area contributed by atoms with Crippen LogP contribution >= 0.6 is 0 Å². The van der Waals surface area contributed by atoms with E-state index >= 15 is 0 Å². The zero-order valence-corrected chi connectivity index (χ0v) is 18.4. The summed E-state index contributed by atoms with van der Waals surface area (Å²) in [7, 11) is -3.72. The summed E-state index contributed by atoms with van der Waals surface area (Å²) in [6.45, 7) is 0.478. The molecule has 1 unspecified atom stereocenters. The van der Waals surface area contributed by atoms with Crippen molar-refractivity contribution in [2.75, 3.05) is 0 Å². The molecule has 8 heteroatoms. The van der Waals surface area contributed by atoms with E-state index in [0.717, 1.165) is 27.8 Å². The van der Waals surface area contributed by atoms with Crippen molar-refractivity contribution in [3.63, 3.8) is 0 Å². The SMILES string of the molecule is O=C1CCC(c2ccc3c(c2)CN(S(=O)(=O)c2ccc(-c4ccc(F)cc4)cc2)C3)C(=O)N1. The molecule has 1 atom stereocenters.